The summed E-state index contributed by atoms with van der Waals surface area (Å²) >= 11 is 6.05. The van der Waals surface area contributed by atoms with Gasteiger partial charge in [0.2, 0.25) is 12.6 Å². The molecule has 9 heteroatoms. The van der Waals surface area contributed by atoms with Crippen LogP contribution in [0.25, 0.3) is 0 Å². The molecule has 0 unspecified atom stereocenters. The zero-order valence-corrected chi connectivity index (χ0v) is 10.7. The van der Waals surface area contributed by atoms with Gasteiger partial charge in [-0.25, -0.2) is 10.4 Å². The normalized spacial score (nSPS) is 12.8. The summed E-state index contributed by atoms with van der Waals surface area (Å²) in [6.45, 7) is 0.161. The highest BCUT2D eigenvalue weighted by Crippen LogP contribution is 2.36. The van der Waals surface area contributed by atoms with Crippen LogP contribution >= 0.6 is 11.6 Å². The number of benzene rings is 1. The summed E-state index contributed by atoms with van der Waals surface area (Å²) in [6, 6.07) is 3.30. The quantitative estimate of drug-likeness (QED) is 0.648. The molecule has 0 spiro atoms. The summed E-state index contributed by atoms with van der Waals surface area (Å²) in [5, 5.41) is 10.2. The van der Waals surface area contributed by atoms with E-state index in [2.05, 4.69) is 25.7 Å². The van der Waals surface area contributed by atoms with Crippen molar-refractivity contribution in [3.05, 3.63) is 34.9 Å². The van der Waals surface area contributed by atoms with Crippen molar-refractivity contribution in [2.75, 3.05) is 6.79 Å². The van der Waals surface area contributed by atoms with Gasteiger partial charge in [0.05, 0.1) is 11.2 Å². The number of nitrogens with one attached hydrogen (secondary N) is 2. The lowest BCUT2D eigenvalue weighted by atomic mass is 10.2. The maximum absolute atomic E-state index is 11.5. The Labute approximate surface area is 117 Å². The maximum atomic E-state index is 11.5. The van der Waals surface area contributed by atoms with Crippen LogP contribution in [0.4, 0.5) is 0 Å². The van der Waals surface area contributed by atoms with Gasteiger partial charge in [-0.3, -0.25) is 9.89 Å². The number of aromatic nitrogens is 3. The molecule has 2 N–H and O–H groups in total. The zero-order valence-electron chi connectivity index (χ0n) is 9.96. The largest absolute Gasteiger partial charge is 0.454 e. The van der Waals surface area contributed by atoms with Gasteiger partial charge in [0.1, 0.15) is 6.33 Å². The molecule has 0 fully saturated rings. The molecule has 0 bridgehead atoms. The van der Waals surface area contributed by atoms with Crippen molar-refractivity contribution in [3.63, 3.8) is 0 Å². The molecule has 0 atom stereocenters. The lowest BCUT2D eigenvalue weighted by Gasteiger charge is -2.01. The van der Waals surface area contributed by atoms with E-state index in [0.717, 1.165) is 0 Å². The second-order valence-electron chi connectivity index (χ2n) is 3.76. The van der Waals surface area contributed by atoms with E-state index >= 15 is 0 Å². The maximum Gasteiger partial charge on any atom is 0.308 e. The number of aromatic amines is 1. The van der Waals surface area contributed by atoms with Crippen LogP contribution in [0.1, 0.15) is 16.2 Å². The number of rotatable bonds is 3. The molecule has 2 aromatic rings. The Bertz CT molecular complexity index is 671. The van der Waals surface area contributed by atoms with E-state index in [1.807, 2.05) is 0 Å². The highest BCUT2D eigenvalue weighted by atomic mass is 35.5. The molecule has 102 valence electrons. The van der Waals surface area contributed by atoms with E-state index in [9.17, 15) is 4.79 Å². The van der Waals surface area contributed by atoms with E-state index < -0.39 is 5.91 Å². The number of carbonyl (C=O) groups excluding carboxylic acids is 1. The Morgan fingerprint density at radius 1 is 1.45 bits per heavy atom. The van der Waals surface area contributed by atoms with Gasteiger partial charge in [-0.05, 0) is 6.07 Å². The van der Waals surface area contributed by atoms with Crippen LogP contribution in [0.3, 0.4) is 0 Å². The van der Waals surface area contributed by atoms with E-state index in [1.165, 1.54) is 12.5 Å². The second kappa shape index (κ2) is 5.17. The number of nitrogens with zero attached hydrogens (tertiary/aromatic N) is 3. The SMILES string of the molecule is O=C(NN=Cc1cc2c(cc1Cl)OCO2)c1ncn[nH]1. The lowest BCUT2D eigenvalue weighted by Crippen LogP contribution is -2.19. The van der Waals surface area contributed by atoms with Crippen LogP contribution < -0.4 is 14.9 Å². The lowest BCUT2D eigenvalue weighted by molar-refractivity contribution is 0.0945. The molecule has 3 rings (SSSR count). The standard InChI is InChI=1S/C11H8ClN5O3/c12-7-2-9-8(19-5-20-9)1-6(7)3-14-17-11(18)10-13-4-15-16-10/h1-4H,5H2,(H,17,18)(H,13,15,16). The average molecular weight is 294 g/mol. The topological polar surface area (TPSA) is 101 Å². The predicted molar refractivity (Wildman–Crippen MR) is 69.0 cm³/mol. The van der Waals surface area contributed by atoms with Gasteiger partial charge < -0.3 is 9.47 Å². The Kier molecular flexibility index (Phi) is 3.21. The summed E-state index contributed by atoms with van der Waals surface area (Å²) in [4.78, 5) is 15.2. The minimum Gasteiger partial charge on any atom is -0.454 e. The van der Waals surface area contributed by atoms with Crippen LogP contribution in [-0.2, 0) is 0 Å². The molecule has 1 aliphatic heterocycles. The van der Waals surface area contributed by atoms with E-state index in [4.69, 9.17) is 21.1 Å². The summed E-state index contributed by atoms with van der Waals surface area (Å²) in [5.41, 5.74) is 2.89. The molecule has 0 radical (unpaired) electrons. The third-order valence-corrected chi connectivity index (χ3v) is 2.82. The molecule has 20 heavy (non-hydrogen) atoms. The van der Waals surface area contributed by atoms with E-state index in [0.29, 0.717) is 22.1 Å². The molecule has 0 saturated heterocycles. The van der Waals surface area contributed by atoms with Crippen LogP contribution in [0.15, 0.2) is 23.6 Å². The third kappa shape index (κ3) is 2.41. The van der Waals surface area contributed by atoms with Gasteiger partial charge in [-0.15, -0.1) is 0 Å². The van der Waals surface area contributed by atoms with Crippen molar-refractivity contribution < 1.29 is 14.3 Å². The number of halogens is 1. The minimum atomic E-state index is -0.504. The first-order chi connectivity index (χ1) is 9.74. The van der Waals surface area contributed by atoms with Gasteiger partial charge in [0.25, 0.3) is 0 Å². The summed E-state index contributed by atoms with van der Waals surface area (Å²) < 4.78 is 10.4. The van der Waals surface area contributed by atoms with Crippen LogP contribution in [0.2, 0.25) is 5.02 Å². The second-order valence-corrected chi connectivity index (χ2v) is 4.17. The fraction of sp³-hybridized carbons (Fsp3) is 0.0909. The molecular formula is C11H8ClN5O3. The summed E-state index contributed by atoms with van der Waals surface area (Å²) in [7, 11) is 0. The number of hydrazone groups is 1. The molecule has 1 aromatic heterocycles. The first-order valence-electron chi connectivity index (χ1n) is 5.52. The molecule has 2 heterocycles. The fourth-order valence-electron chi connectivity index (χ4n) is 1.56. The first-order valence-corrected chi connectivity index (χ1v) is 5.90. The van der Waals surface area contributed by atoms with Crippen molar-refractivity contribution in [1.29, 1.82) is 0 Å². The Morgan fingerprint density at radius 2 is 2.25 bits per heavy atom. The molecule has 1 aliphatic rings. The smallest absolute Gasteiger partial charge is 0.308 e. The number of carbonyl (C=O) groups is 1. The number of ether oxygens (including phenoxy) is 2. The van der Waals surface area contributed by atoms with Crippen molar-refractivity contribution in [3.8, 4) is 11.5 Å². The van der Waals surface area contributed by atoms with E-state index in [1.54, 1.807) is 12.1 Å². The van der Waals surface area contributed by atoms with Crippen molar-refractivity contribution in [2.24, 2.45) is 5.10 Å². The van der Waals surface area contributed by atoms with E-state index in [-0.39, 0.29) is 12.6 Å². The van der Waals surface area contributed by atoms with Gasteiger partial charge in [0, 0.05) is 11.6 Å². The Balaban J connectivity index is 1.72. The molecule has 1 amide bonds. The molecule has 0 aliphatic carbocycles. The average Bonchev–Trinajstić information content (AvgIpc) is 3.08. The molecular weight excluding hydrogens is 286 g/mol. The molecule has 1 aromatic carbocycles. The summed E-state index contributed by atoms with van der Waals surface area (Å²) in [5.74, 6) is 0.727. The van der Waals surface area contributed by atoms with Gasteiger partial charge >= 0.3 is 5.91 Å². The predicted octanol–water partition coefficient (Wildman–Crippen LogP) is 0.951. The first kappa shape index (κ1) is 12.4. The highest BCUT2D eigenvalue weighted by molar-refractivity contribution is 6.33. The van der Waals surface area contributed by atoms with Crippen LogP contribution in [0, 0.1) is 0 Å². The fourth-order valence-corrected chi connectivity index (χ4v) is 1.76. The van der Waals surface area contributed by atoms with Crippen molar-refractivity contribution in [1.82, 2.24) is 20.6 Å². The molecule has 0 saturated carbocycles. The van der Waals surface area contributed by atoms with Crippen molar-refractivity contribution >= 4 is 23.7 Å². The molecule has 8 nitrogen and oxygen atoms in total. The van der Waals surface area contributed by atoms with Gasteiger partial charge in [0.15, 0.2) is 11.5 Å². The zero-order chi connectivity index (χ0) is 13.9. The Hall–Kier alpha value is -2.61. The number of fused-ring (bicyclic) bond motifs is 1. The van der Waals surface area contributed by atoms with Gasteiger partial charge in [-0.1, -0.05) is 11.6 Å². The van der Waals surface area contributed by atoms with Crippen LogP contribution in [-0.4, -0.2) is 34.1 Å². The van der Waals surface area contributed by atoms with Crippen LogP contribution in [0.5, 0.6) is 11.5 Å². The number of amides is 1. The summed E-state index contributed by atoms with van der Waals surface area (Å²) in [6.07, 6.45) is 2.63. The third-order valence-electron chi connectivity index (χ3n) is 2.49. The van der Waals surface area contributed by atoms with Gasteiger partial charge in [-0.2, -0.15) is 10.2 Å². The Morgan fingerprint density at radius 3 is 3.00 bits per heavy atom. The number of hydrogen-bond acceptors (Lipinski definition) is 6. The van der Waals surface area contributed by atoms with Crippen molar-refractivity contribution in [2.45, 2.75) is 0 Å². The minimum absolute atomic E-state index is 0.0685. The monoisotopic (exact) mass is 293 g/mol. The number of hydrogen-bond donors (Lipinski definition) is 2. The number of H-pyrrole nitrogens is 1. The highest BCUT2D eigenvalue weighted by Gasteiger charge is 2.15.